The van der Waals surface area contributed by atoms with Crippen molar-refractivity contribution in [1.29, 1.82) is 0 Å². The summed E-state index contributed by atoms with van der Waals surface area (Å²) in [6.45, 7) is 2.13. The maximum atomic E-state index is 12.0. The average molecular weight is 327 g/mol. The van der Waals surface area contributed by atoms with E-state index in [0.29, 0.717) is 35.6 Å². The Bertz CT molecular complexity index is 921. The van der Waals surface area contributed by atoms with Crippen LogP contribution < -0.4 is 15.2 Å². The molecule has 124 valence electrons. The van der Waals surface area contributed by atoms with E-state index >= 15 is 0 Å². The number of benzene rings is 2. The molecule has 0 atom stereocenters. The molecule has 6 nitrogen and oxygen atoms in total. The summed E-state index contributed by atoms with van der Waals surface area (Å²) in [6, 6.07) is 12.2. The van der Waals surface area contributed by atoms with E-state index in [1.165, 1.54) is 11.5 Å². The second-order valence-electron chi connectivity index (χ2n) is 5.28. The van der Waals surface area contributed by atoms with Gasteiger partial charge in [0.1, 0.15) is 18.1 Å². The quantitative estimate of drug-likeness (QED) is 0.651. The first-order chi connectivity index (χ1) is 11.6. The molecule has 3 rings (SSSR count). The Kier molecular flexibility index (Phi) is 4.37. The van der Waals surface area contributed by atoms with Gasteiger partial charge in [-0.05, 0) is 49.4 Å². The minimum atomic E-state index is -0.468. The number of carbonyl (C=O) groups excluding carboxylic acids is 1. The van der Waals surface area contributed by atoms with E-state index in [-0.39, 0.29) is 5.78 Å². The number of hydrogen-bond donors (Lipinski definition) is 0. The molecule has 24 heavy (non-hydrogen) atoms. The monoisotopic (exact) mass is 327 g/mol. The standard InChI is InChI=1S/C18H17NO5/c1-12(20)13-3-8-16-17(11-13)24-18(21)19(16)9-10-23-15-6-4-14(22-2)5-7-15/h3-8,11H,9-10H2,1-2H3. The Labute approximate surface area is 138 Å². The molecule has 0 aliphatic rings. The highest BCUT2D eigenvalue weighted by Crippen LogP contribution is 2.18. The summed E-state index contributed by atoms with van der Waals surface area (Å²) < 4.78 is 17.4. The molecule has 0 saturated carbocycles. The van der Waals surface area contributed by atoms with E-state index in [4.69, 9.17) is 13.9 Å². The molecule has 3 aromatic rings. The van der Waals surface area contributed by atoms with Gasteiger partial charge >= 0.3 is 5.76 Å². The summed E-state index contributed by atoms with van der Waals surface area (Å²) in [6.07, 6.45) is 0. The Balaban J connectivity index is 1.73. The molecule has 0 spiro atoms. The molecule has 1 aromatic heterocycles. The average Bonchev–Trinajstić information content (AvgIpc) is 2.90. The largest absolute Gasteiger partial charge is 0.497 e. The summed E-state index contributed by atoms with van der Waals surface area (Å²) in [5.41, 5.74) is 1.55. The van der Waals surface area contributed by atoms with Gasteiger partial charge in [0.15, 0.2) is 11.4 Å². The van der Waals surface area contributed by atoms with Gasteiger partial charge in [-0.25, -0.2) is 4.79 Å². The predicted octanol–water partition coefficient (Wildman–Crippen LogP) is 2.88. The highest BCUT2D eigenvalue weighted by molar-refractivity contribution is 5.96. The highest BCUT2D eigenvalue weighted by atomic mass is 16.5. The molecule has 0 bridgehead atoms. The van der Waals surface area contributed by atoms with Crippen LogP contribution in [0.15, 0.2) is 51.7 Å². The minimum Gasteiger partial charge on any atom is -0.497 e. The van der Waals surface area contributed by atoms with Crippen molar-refractivity contribution in [2.45, 2.75) is 13.5 Å². The van der Waals surface area contributed by atoms with E-state index in [1.807, 2.05) is 0 Å². The van der Waals surface area contributed by atoms with Gasteiger partial charge in [0, 0.05) is 5.56 Å². The smallest absolute Gasteiger partial charge is 0.420 e. The summed E-state index contributed by atoms with van der Waals surface area (Å²) >= 11 is 0. The van der Waals surface area contributed by atoms with Gasteiger partial charge in [-0.2, -0.15) is 0 Å². The molecular weight excluding hydrogens is 310 g/mol. The third-order valence-corrected chi connectivity index (χ3v) is 3.72. The molecule has 2 aromatic carbocycles. The maximum Gasteiger partial charge on any atom is 0.420 e. The number of fused-ring (bicyclic) bond motifs is 1. The SMILES string of the molecule is COc1ccc(OCCn2c(=O)oc3cc(C(C)=O)ccc32)cc1. The van der Waals surface area contributed by atoms with Crippen molar-refractivity contribution < 1.29 is 18.7 Å². The van der Waals surface area contributed by atoms with Crippen LogP contribution in [0.2, 0.25) is 0 Å². The van der Waals surface area contributed by atoms with E-state index in [9.17, 15) is 9.59 Å². The zero-order valence-electron chi connectivity index (χ0n) is 13.4. The lowest BCUT2D eigenvalue weighted by molar-refractivity contribution is 0.101. The molecular formula is C18H17NO5. The maximum absolute atomic E-state index is 12.0. The third-order valence-electron chi connectivity index (χ3n) is 3.72. The van der Waals surface area contributed by atoms with Gasteiger partial charge < -0.3 is 13.9 Å². The lowest BCUT2D eigenvalue weighted by Crippen LogP contribution is -2.18. The molecule has 0 fully saturated rings. The Morgan fingerprint density at radius 2 is 1.83 bits per heavy atom. The van der Waals surface area contributed by atoms with Crippen molar-refractivity contribution in [2.24, 2.45) is 0 Å². The number of ether oxygens (including phenoxy) is 2. The van der Waals surface area contributed by atoms with Crippen molar-refractivity contribution in [3.05, 3.63) is 58.6 Å². The Morgan fingerprint density at radius 1 is 1.12 bits per heavy atom. The Morgan fingerprint density at radius 3 is 2.50 bits per heavy atom. The fraction of sp³-hybridized carbons (Fsp3) is 0.222. The second kappa shape index (κ2) is 6.62. The number of hydrogen-bond acceptors (Lipinski definition) is 5. The van der Waals surface area contributed by atoms with Gasteiger partial charge in [-0.1, -0.05) is 0 Å². The van der Waals surface area contributed by atoms with E-state index in [1.54, 1.807) is 49.6 Å². The summed E-state index contributed by atoms with van der Waals surface area (Å²) in [4.78, 5) is 23.4. The van der Waals surface area contributed by atoms with Crippen LogP contribution in [0.25, 0.3) is 11.1 Å². The molecule has 0 radical (unpaired) electrons. The van der Waals surface area contributed by atoms with Crippen LogP contribution in [-0.2, 0) is 6.54 Å². The van der Waals surface area contributed by atoms with Gasteiger partial charge in [-0.15, -0.1) is 0 Å². The first kappa shape index (κ1) is 15.9. The topological polar surface area (TPSA) is 70.7 Å². The number of methoxy groups -OCH3 is 1. The number of carbonyl (C=O) groups is 1. The molecule has 0 aliphatic carbocycles. The van der Waals surface area contributed by atoms with Gasteiger partial charge in [0.2, 0.25) is 0 Å². The van der Waals surface area contributed by atoms with Crippen LogP contribution in [0.4, 0.5) is 0 Å². The Hall–Kier alpha value is -3.02. The van der Waals surface area contributed by atoms with Crippen LogP contribution in [0.3, 0.4) is 0 Å². The summed E-state index contributed by atoms with van der Waals surface area (Å²) in [5.74, 6) is 0.898. The third kappa shape index (κ3) is 3.17. The van der Waals surface area contributed by atoms with Crippen LogP contribution in [0, 0.1) is 0 Å². The fourth-order valence-electron chi connectivity index (χ4n) is 2.42. The zero-order valence-corrected chi connectivity index (χ0v) is 13.4. The van der Waals surface area contributed by atoms with E-state index in [2.05, 4.69) is 0 Å². The van der Waals surface area contributed by atoms with Crippen molar-refractivity contribution in [3.8, 4) is 11.5 Å². The molecule has 0 N–H and O–H groups in total. The number of nitrogens with zero attached hydrogens (tertiary/aromatic N) is 1. The summed E-state index contributed by atoms with van der Waals surface area (Å²) in [7, 11) is 1.60. The first-order valence-electron chi connectivity index (χ1n) is 7.49. The number of rotatable bonds is 6. The van der Waals surface area contributed by atoms with Crippen LogP contribution in [-0.4, -0.2) is 24.1 Å². The van der Waals surface area contributed by atoms with Crippen LogP contribution in [0.1, 0.15) is 17.3 Å². The first-order valence-corrected chi connectivity index (χ1v) is 7.49. The number of aromatic nitrogens is 1. The number of Topliss-reactive ketones (excluding diaryl/α,β-unsaturated/α-hetero) is 1. The van der Waals surface area contributed by atoms with Crippen molar-refractivity contribution >= 4 is 16.9 Å². The van der Waals surface area contributed by atoms with Crippen molar-refractivity contribution in [3.63, 3.8) is 0 Å². The fourth-order valence-corrected chi connectivity index (χ4v) is 2.42. The predicted molar refractivity (Wildman–Crippen MR) is 89.0 cm³/mol. The summed E-state index contributed by atoms with van der Waals surface area (Å²) in [5, 5.41) is 0. The lowest BCUT2D eigenvalue weighted by atomic mass is 10.1. The van der Waals surface area contributed by atoms with Gasteiger partial charge in [0.25, 0.3) is 0 Å². The van der Waals surface area contributed by atoms with Crippen LogP contribution >= 0.6 is 0 Å². The molecule has 0 amide bonds. The van der Waals surface area contributed by atoms with Crippen LogP contribution in [0.5, 0.6) is 11.5 Å². The second-order valence-corrected chi connectivity index (χ2v) is 5.28. The molecule has 0 unspecified atom stereocenters. The zero-order chi connectivity index (χ0) is 17.1. The highest BCUT2D eigenvalue weighted by Gasteiger charge is 2.11. The normalized spacial score (nSPS) is 10.8. The number of oxazole rings is 1. The molecule has 1 heterocycles. The van der Waals surface area contributed by atoms with E-state index < -0.39 is 5.76 Å². The van der Waals surface area contributed by atoms with E-state index in [0.717, 1.165) is 5.75 Å². The van der Waals surface area contributed by atoms with Gasteiger partial charge in [0.05, 0.1) is 19.2 Å². The molecule has 0 saturated heterocycles. The van der Waals surface area contributed by atoms with Crippen molar-refractivity contribution in [2.75, 3.05) is 13.7 Å². The number of ketones is 1. The molecule has 0 aliphatic heterocycles. The van der Waals surface area contributed by atoms with Crippen molar-refractivity contribution in [1.82, 2.24) is 4.57 Å². The molecule has 6 heteroatoms. The minimum absolute atomic E-state index is 0.0739. The van der Waals surface area contributed by atoms with Gasteiger partial charge in [-0.3, -0.25) is 9.36 Å². The lowest BCUT2D eigenvalue weighted by Gasteiger charge is -2.07.